The number of amidine groups is 1. The largest absolute Gasteiger partial charge is 0.489 e. The number of hydrogen-bond acceptors (Lipinski definition) is 4. The number of ether oxygens (including phenoxy) is 1. The van der Waals surface area contributed by atoms with Gasteiger partial charge in [-0.3, -0.25) is 9.69 Å². The number of carbonyl (C=O) groups is 1. The Bertz CT molecular complexity index is 1640. The highest BCUT2D eigenvalue weighted by molar-refractivity contribution is 8.19. The van der Waals surface area contributed by atoms with E-state index in [0.29, 0.717) is 16.7 Å². The van der Waals surface area contributed by atoms with Crippen molar-refractivity contribution in [3.63, 3.8) is 0 Å². The zero-order chi connectivity index (χ0) is 25.7. The van der Waals surface area contributed by atoms with Gasteiger partial charge in [-0.1, -0.05) is 91.0 Å². The molecular formula is C33H24N2O2S. The Morgan fingerprint density at radius 3 is 2.21 bits per heavy atom. The molecule has 0 atom stereocenters. The minimum atomic E-state index is -0.0906. The first-order chi connectivity index (χ1) is 18.7. The molecule has 6 rings (SSSR count). The average Bonchev–Trinajstić information content (AvgIpc) is 3.27. The highest BCUT2D eigenvalue weighted by Gasteiger charge is 2.34. The second-order valence-corrected chi connectivity index (χ2v) is 9.82. The number of amides is 1. The van der Waals surface area contributed by atoms with Gasteiger partial charge >= 0.3 is 0 Å². The molecule has 0 aliphatic carbocycles. The van der Waals surface area contributed by atoms with Crippen LogP contribution in [-0.2, 0) is 11.4 Å². The maximum atomic E-state index is 13.5. The SMILES string of the molecule is O=C1/C(=C\c2ccc(OCc3cccc4ccccc34)cc2)SC(=Nc2ccccc2)N1c1ccccc1. The molecule has 5 aromatic carbocycles. The van der Waals surface area contributed by atoms with Crippen molar-refractivity contribution in [2.75, 3.05) is 4.90 Å². The number of para-hydroxylation sites is 2. The lowest BCUT2D eigenvalue weighted by Gasteiger charge is -2.15. The molecule has 5 aromatic rings. The average molecular weight is 513 g/mol. The molecule has 184 valence electrons. The first-order valence-corrected chi connectivity index (χ1v) is 13.2. The predicted octanol–water partition coefficient (Wildman–Crippen LogP) is 8.23. The van der Waals surface area contributed by atoms with Gasteiger partial charge in [0, 0.05) is 0 Å². The van der Waals surface area contributed by atoms with Crippen molar-refractivity contribution in [2.45, 2.75) is 6.61 Å². The van der Waals surface area contributed by atoms with Crippen molar-refractivity contribution in [3.8, 4) is 5.75 Å². The van der Waals surface area contributed by atoms with Gasteiger partial charge in [0.05, 0.1) is 16.3 Å². The lowest BCUT2D eigenvalue weighted by atomic mass is 10.1. The second kappa shape index (κ2) is 10.8. The van der Waals surface area contributed by atoms with E-state index in [9.17, 15) is 4.79 Å². The van der Waals surface area contributed by atoms with Crippen molar-refractivity contribution in [1.29, 1.82) is 0 Å². The molecule has 1 aliphatic rings. The van der Waals surface area contributed by atoms with Crippen LogP contribution in [0.15, 0.2) is 137 Å². The summed E-state index contributed by atoms with van der Waals surface area (Å²) >= 11 is 1.38. The standard InChI is InChI=1S/C33H24N2O2S/c36-32-31(38-33(34-27-13-3-1-4-14-27)35(32)28-15-5-2-6-16-28)22-24-18-20-29(21-19-24)37-23-26-12-9-11-25-10-7-8-17-30(25)26/h1-22H,23H2/b31-22+,34-33?. The topological polar surface area (TPSA) is 41.9 Å². The van der Waals surface area contributed by atoms with Crippen LogP contribution >= 0.6 is 11.8 Å². The Hall–Kier alpha value is -4.61. The van der Waals surface area contributed by atoms with Gasteiger partial charge in [0.15, 0.2) is 5.17 Å². The van der Waals surface area contributed by atoms with E-state index >= 15 is 0 Å². The van der Waals surface area contributed by atoms with E-state index in [4.69, 9.17) is 9.73 Å². The summed E-state index contributed by atoms with van der Waals surface area (Å²) in [6.45, 7) is 0.488. The van der Waals surface area contributed by atoms with Crippen molar-refractivity contribution < 1.29 is 9.53 Å². The number of hydrogen-bond donors (Lipinski definition) is 0. The van der Waals surface area contributed by atoms with Crippen LogP contribution in [0.5, 0.6) is 5.75 Å². The van der Waals surface area contributed by atoms with Crippen LogP contribution in [-0.4, -0.2) is 11.1 Å². The predicted molar refractivity (Wildman–Crippen MR) is 158 cm³/mol. The number of benzene rings is 5. The first kappa shape index (κ1) is 23.8. The number of rotatable bonds is 6. The summed E-state index contributed by atoms with van der Waals surface area (Å²) in [4.78, 5) is 20.5. The Kier molecular flexibility index (Phi) is 6.75. The van der Waals surface area contributed by atoms with E-state index in [2.05, 4.69) is 30.3 Å². The number of anilines is 1. The molecule has 38 heavy (non-hydrogen) atoms. The van der Waals surface area contributed by atoms with E-state index in [0.717, 1.165) is 28.3 Å². The third-order valence-corrected chi connectivity index (χ3v) is 7.22. The minimum Gasteiger partial charge on any atom is -0.489 e. The smallest absolute Gasteiger partial charge is 0.271 e. The van der Waals surface area contributed by atoms with Gasteiger partial charge in [-0.25, -0.2) is 4.99 Å². The summed E-state index contributed by atoms with van der Waals surface area (Å²) in [6, 6.07) is 41.7. The minimum absolute atomic E-state index is 0.0906. The molecule has 0 spiro atoms. The summed E-state index contributed by atoms with van der Waals surface area (Å²) in [7, 11) is 0. The number of aliphatic imine (C=N–C) groups is 1. The van der Waals surface area contributed by atoms with Crippen molar-refractivity contribution in [1.82, 2.24) is 0 Å². The number of carbonyl (C=O) groups excluding carboxylic acids is 1. The Morgan fingerprint density at radius 1 is 0.737 bits per heavy atom. The normalized spacial score (nSPS) is 15.5. The first-order valence-electron chi connectivity index (χ1n) is 12.4. The second-order valence-electron chi connectivity index (χ2n) is 8.81. The molecule has 4 nitrogen and oxygen atoms in total. The monoisotopic (exact) mass is 512 g/mol. The lowest BCUT2D eigenvalue weighted by Crippen LogP contribution is -2.28. The molecule has 0 aromatic heterocycles. The van der Waals surface area contributed by atoms with Crippen LogP contribution in [0.2, 0.25) is 0 Å². The molecule has 1 fully saturated rings. The van der Waals surface area contributed by atoms with Gasteiger partial charge in [0.1, 0.15) is 12.4 Å². The molecule has 1 amide bonds. The zero-order valence-electron chi connectivity index (χ0n) is 20.5. The van der Waals surface area contributed by atoms with Crippen molar-refractivity contribution >= 4 is 51.1 Å². The zero-order valence-corrected chi connectivity index (χ0v) is 21.3. The summed E-state index contributed by atoms with van der Waals surface area (Å²) in [5.74, 6) is 0.690. The lowest BCUT2D eigenvalue weighted by molar-refractivity contribution is -0.113. The van der Waals surface area contributed by atoms with E-state index in [-0.39, 0.29) is 5.91 Å². The maximum Gasteiger partial charge on any atom is 0.271 e. The number of nitrogens with zero attached hydrogens (tertiary/aromatic N) is 2. The molecular weight excluding hydrogens is 488 g/mol. The number of thioether (sulfide) groups is 1. The van der Waals surface area contributed by atoms with Gasteiger partial charge in [-0.15, -0.1) is 0 Å². The van der Waals surface area contributed by atoms with Crippen molar-refractivity contribution in [3.05, 3.63) is 143 Å². The fraction of sp³-hybridized carbons (Fsp3) is 0.0303. The van der Waals surface area contributed by atoms with E-state index in [1.54, 1.807) is 4.90 Å². The summed E-state index contributed by atoms with van der Waals surface area (Å²) in [6.07, 6.45) is 1.91. The Balaban J connectivity index is 1.22. The molecule has 1 saturated heterocycles. The van der Waals surface area contributed by atoms with E-state index in [1.807, 2.05) is 103 Å². The highest BCUT2D eigenvalue weighted by Crippen LogP contribution is 2.37. The molecule has 0 N–H and O–H groups in total. The molecule has 0 bridgehead atoms. The summed E-state index contributed by atoms with van der Waals surface area (Å²) in [5.41, 5.74) is 3.67. The molecule has 1 aliphatic heterocycles. The van der Waals surface area contributed by atoms with Gasteiger partial charge in [0.2, 0.25) is 0 Å². The third-order valence-electron chi connectivity index (χ3n) is 6.25. The molecule has 1 heterocycles. The fourth-order valence-corrected chi connectivity index (χ4v) is 5.36. The fourth-order valence-electron chi connectivity index (χ4n) is 4.36. The van der Waals surface area contributed by atoms with Crippen LogP contribution < -0.4 is 9.64 Å². The summed E-state index contributed by atoms with van der Waals surface area (Å²) in [5, 5.41) is 3.03. The van der Waals surface area contributed by atoms with Crippen LogP contribution in [0.4, 0.5) is 11.4 Å². The van der Waals surface area contributed by atoms with Gasteiger partial charge in [0.25, 0.3) is 5.91 Å². The Labute approximate surface area is 225 Å². The quantitative estimate of drug-likeness (QED) is 0.215. The van der Waals surface area contributed by atoms with Gasteiger partial charge in [-0.05, 0) is 76.1 Å². The van der Waals surface area contributed by atoms with Crippen LogP contribution in [0.1, 0.15) is 11.1 Å². The van der Waals surface area contributed by atoms with E-state index < -0.39 is 0 Å². The van der Waals surface area contributed by atoms with Gasteiger partial charge in [-0.2, -0.15) is 0 Å². The summed E-state index contributed by atoms with van der Waals surface area (Å²) < 4.78 is 6.08. The third kappa shape index (κ3) is 5.10. The highest BCUT2D eigenvalue weighted by atomic mass is 32.2. The molecule has 0 saturated carbocycles. The van der Waals surface area contributed by atoms with Gasteiger partial charge < -0.3 is 4.74 Å². The Morgan fingerprint density at radius 2 is 1.42 bits per heavy atom. The maximum absolute atomic E-state index is 13.5. The van der Waals surface area contributed by atoms with E-state index in [1.165, 1.54) is 22.5 Å². The van der Waals surface area contributed by atoms with Crippen LogP contribution in [0, 0.1) is 0 Å². The molecule has 5 heteroatoms. The van der Waals surface area contributed by atoms with Crippen LogP contribution in [0.3, 0.4) is 0 Å². The molecule has 0 radical (unpaired) electrons. The van der Waals surface area contributed by atoms with Crippen molar-refractivity contribution in [2.24, 2.45) is 4.99 Å². The van der Waals surface area contributed by atoms with Crippen LogP contribution in [0.25, 0.3) is 16.8 Å². The molecule has 0 unspecified atom stereocenters. The number of fused-ring (bicyclic) bond motifs is 1.